The van der Waals surface area contributed by atoms with Gasteiger partial charge in [-0.25, -0.2) is 0 Å². The number of nitriles is 1. The van der Waals surface area contributed by atoms with Gasteiger partial charge in [-0.2, -0.15) is 5.26 Å². The number of pyridine rings is 1. The summed E-state index contributed by atoms with van der Waals surface area (Å²) in [7, 11) is 0. The van der Waals surface area contributed by atoms with E-state index in [4.69, 9.17) is 28.5 Å². The second kappa shape index (κ2) is 5.18. The summed E-state index contributed by atoms with van der Waals surface area (Å²) in [6.45, 7) is 0. The molecule has 0 aliphatic heterocycles. The maximum atomic E-state index is 8.64. The zero-order valence-corrected chi connectivity index (χ0v) is 10.3. The summed E-state index contributed by atoms with van der Waals surface area (Å²) in [5.74, 6) is 0. The van der Waals surface area contributed by atoms with Crippen LogP contribution in [0, 0.1) is 11.3 Å². The van der Waals surface area contributed by atoms with Crippen molar-refractivity contribution in [3.05, 3.63) is 52.1 Å². The summed E-state index contributed by atoms with van der Waals surface area (Å²) in [5.41, 5.74) is 2.35. The van der Waals surface area contributed by atoms with Crippen molar-refractivity contribution in [1.82, 2.24) is 4.98 Å². The van der Waals surface area contributed by atoms with Gasteiger partial charge in [0.15, 0.2) is 0 Å². The quantitative estimate of drug-likeness (QED) is 0.817. The fourth-order valence-corrected chi connectivity index (χ4v) is 2.05. The minimum Gasteiger partial charge on any atom is -0.252 e. The molecule has 1 aromatic heterocycles. The highest BCUT2D eigenvalue weighted by molar-refractivity contribution is 6.35. The van der Waals surface area contributed by atoms with Crippen molar-refractivity contribution < 1.29 is 0 Å². The van der Waals surface area contributed by atoms with Crippen LogP contribution >= 0.6 is 23.2 Å². The van der Waals surface area contributed by atoms with Gasteiger partial charge in [0.05, 0.1) is 23.9 Å². The third-order valence-electron chi connectivity index (χ3n) is 2.23. The van der Waals surface area contributed by atoms with Gasteiger partial charge >= 0.3 is 0 Å². The molecule has 0 saturated carbocycles. The first kappa shape index (κ1) is 11.9. The van der Waals surface area contributed by atoms with E-state index in [1.54, 1.807) is 18.2 Å². The lowest BCUT2D eigenvalue weighted by Gasteiger charge is -2.04. The molecule has 1 heterocycles. The lowest BCUT2D eigenvalue weighted by Crippen LogP contribution is -1.90. The normalized spacial score (nSPS) is 9.94. The van der Waals surface area contributed by atoms with E-state index in [1.165, 1.54) is 0 Å². The van der Waals surface area contributed by atoms with Gasteiger partial charge < -0.3 is 0 Å². The Morgan fingerprint density at radius 1 is 1.12 bits per heavy atom. The van der Waals surface area contributed by atoms with Crippen LogP contribution in [0.15, 0.2) is 36.4 Å². The first-order valence-electron chi connectivity index (χ1n) is 4.98. The van der Waals surface area contributed by atoms with E-state index in [9.17, 15) is 0 Å². The van der Waals surface area contributed by atoms with Crippen LogP contribution in [0.5, 0.6) is 0 Å². The first-order valence-corrected chi connectivity index (χ1v) is 5.74. The Morgan fingerprint density at radius 3 is 2.47 bits per heavy atom. The molecule has 0 N–H and O–H groups in total. The molecule has 0 spiro atoms. The SMILES string of the molecule is N#CCc1cccc(-c2cc(Cl)cc(Cl)c2)n1. The molecule has 0 saturated heterocycles. The van der Waals surface area contributed by atoms with Gasteiger partial charge in [0.2, 0.25) is 0 Å². The van der Waals surface area contributed by atoms with Crippen LogP contribution in [0.4, 0.5) is 0 Å². The van der Waals surface area contributed by atoms with E-state index in [0.717, 1.165) is 17.0 Å². The molecule has 17 heavy (non-hydrogen) atoms. The van der Waals surface area contributed by atoms with Crippen molar-refractivity contribution in [2.45, 2.75) is 6.42 Å². The predicted octanol–water partition coefficient (Wildman–Crippen LogP) is 4.12. The van der Waals surface area contributed by atoms with Gasteiger partial charge in [0.1, 0.15) is 0 Å². The van der Waals surface area contributed by atoms with E-state index >= 15 is 0 Å². The molecule has 2 nitrogen and oxygen atoms in total. The molecular weight excluding hydrogens is 255 g/mol. The molecule has 2 rings (SSSR count). The predicted molar refractivity (Wildman–Crippen MR) is 69.0 cm³/mol. The molecule has 0 fully saturated rings. The van der Waals surface area contributed by atoms with Crippen molar-refractivity contribution in [3.63, 3.8) is 0 Å². The molecule has 1 aromatic carbocycles. The molecule has 2 aromatic rings. The molecule has 4 heteroatoms. The highest BCUT2D eigenvalue weighted by atomic mass is 35.5. The number of nitrogens with zero attached hydrogens (tertiary/aromatic N) is 2. The summed E-state index contributed by atoms with van der Waals surface area (Å²) >= 11 is 11.9. The largest absolute Gasteiger partial charge is 0.252 e. The Morgan fingerprint density at radius 2 is 1.82 bits per heavy atom. The maximum Gasteiger partial charge on any atom is 0.0774 e. The van der Waals surface area contributed by atoms with E-state index in [0.29, 0.717) is 16.5 Å². The molecule has 0 bridgehead atoms. The zero-order valence-electron chi connectivity index (χ0n) is 8.82. The van der Waals surface area contributed by atoms with Gasteiger partial charge in [-0.15, -0.1) is 0 Å². The molecule has 0 unspecified atom stereocenters. The first-order chi connectivity index (χ1) is 8.19. The number of hydrogen-bond acceptors (Lipinski definition) is 2. The third kappa shape index (κ3) is 2.97. The molecule has 0 aliphatic rings. The number of hydrogen-bond donors (Lipinski definition) is 0. The number of aromatic nitrogens is 1. The van der Waals surface area contributed by atoms with E-state index in [-0.39, 0.29) is 0 Å². The Bertz CT molecular complexity index is 568. The van der Waals surface area contributed by atoms with Gasteiger partial charge in [-0.1, -0.05) is 29.3 Å². The van der Waals surface area contributed by atoms with Crippen LogP contribution in [0.25, 0.3) is 11.3 Å². The van der Waals surface area contributed by atoms with Crippen LogP contribution in [-0.4, -0.2) is 4.98 Å². The van der Waals surface area contributed by atoms with Crippen molar-refractivity contribution >= 4 is 23.2 Å². The van der Waals surface area contributed by atoms with Crippen molar-refractivity contribution in [2.75, 3.05) is 0 Å². The topological polar surface area (TPSA) is 36.7 Å². The fourth-order valence-electron chi connectivity index (χ4n) is 1.52. The molecule has 0 radical (unpaired) electrons. The summed E-state index contributed by atoms with van der Waals surface area (Å²) in [5, 5.41) is 9.78. The molecule has 84 valence electrons. The van der Waals surface area contributed by atoms with Crippen LogP contribution in [-0.2, 0) is 6.42 Å². The summed E-state index contributed by atoms with van der Waals surface area (Å²) < 4.78 is 0. The van der Waals surface area contributed by atoms with Crippen molar-refractivity contribution in [3.8, 4) is 17.3 Å². The van der Waals surface area contributed by atoms with Crippen LogP contribution < -0.4 is 0 Å². The Labute approximate surface area is 109 Å². The number of halogens is 2. The smallest absolute Gasteiger partial charge is 0.0774 e. The monoisotopic (exact) mass is 262 g/mol. The average Bonchev–Trinajstić information content (AvgIpc) is 2.28. The third-order valence-corrected chi connectivity index (χ3v) is 2.66. The molecule has 0 amide bonds. The Hall–Kier alpha value is -1.56. The average molecular weight is 263 g/mol. The Kier molecular flexibility index (Phi) is 3.63. The van der Waals surface area contributed by atoms with Gasteiger partial charge in [-0.3, -0.25) is 4.98 Å². The standard InChI is InChI=1S/C13H8Cl2N2/c14-10-6-9(7-11(15)8-10)13-3-1-2-12(17-13)4-5-16/h1-3,6-8H,4H2. The summed E-state index contributed by atoms with van der Waals surface area (Å²) in [6, 6.07) is 12.9. The lowest BCUT2D eigenvalue weighted by molar-refractivity contribution is 1.12. The van der Waals surface area contributed by atoms with Crippen molar-refractivity contribution in [1.29, 1.82) is 5.26 Å². The van der Waals surface area contributed by atoms with Crippen LogP contribution in [0.1, 0.15) is 5.69 Å². The molecular formula is C13H8Cl2N2. The molecule has 0 aliphatic carbocycles. The maximum absolute atomic E-state index is 8.64. The number of rotatable bonds is 2. The molecule has 0 atom stereocenters. The minimum absolute atomic E-state index is 0.294. The highest BCUT2D eigenvalue weighted by Gasteiger charge is 2.03. The Balaban J connectivity index is 2.45. The second-order valence-electron chi connectivity index (χ2n) is 3.51. The van der Waals surface area contributed by atoms with Gasteiger partial charge in [-0.05, 0) is 30.3 Å². The van der Waals surface area contributed by atoms with Gasteiger partial charge in [0, 0.05) is 15.6 Å². The van der Waals surface area contributed by atoms with Crippen LogP contribution in [0.3, 0.4) is 0 Å². The summed E-state index contributed by atoms with van der Waals surface area (Å²) in [4.78, 5) is 4.38. The fraction of sp³-hybridized carbons (Fsp3) is 0.0769. The second-order valence-corrected chi connectivity index (χ2v) is 4.38. The van der Waals surface area contributed by atoms with E-state index in [1.807, 2.05) is 18.2 Å². The number of benzene rings is 1. The zero-order chi connectivity index (χ0) is 12.3. The van der Waals surface area contributed by atoms with E-state index < -0.39 is 0 Å². The van der Waals surface area contributed by atoms with Crippen molar-refractivity contribution in [2.24, 2.45) is 0 Å². The minimum atomic E-state index is 0.294. The van der Waals surface area contributed by atoms with Crippen LogP contribution in [0.2, 0.25) is 10.0 Å². The summed E-state index contributed by atoms with van der Waals surface area (Å²) in [6.07, 6.45) is 0.294. The van der Waals surface area contributed by atoms with E-state index in [2.05, 4.69) is 11.1 Å². The van der Waals surface area contributed by atoms with Gasteiger partial charge in [0.25, 0.3) is 0 Å². The highest BCUT2D eigenvalue weighted by Crippen LogP contribution is 2.26. The lowest BCUT2D eigenvalue weighted by atomic mass is 10.1.